The molecule has 1 aromatic carbocycles. The lowest BCUT2D eigenvalue weighted by atomic mass is 10.3. The second-order valence-corrected chi connectivity index (χ2v) is 4.27. The van der Waals surface area contributed by atoms with Crippen LogP contribution in [0.15, 0.2) is 24.3 Å². The number of amides is 1. The van der Waals surface area contributed by atoms with Crippen LogP contribution < -0.4 is 10.1 Å². The van der Waals surface area contributed by atoms with E-state index >= 15 is 0 Å². The first-order valence-electron chi connectivity index (χ1n) is 6.25. The molecule has 0 unspecified atom stereocenters. The predicted molar refractivity (Wildman–Crippen MR) is 73.5 cm³/mol. The Morgan fingerprint density at radius 2 is 1.89 bits per heavy atom. The first-order valence-corrected chi connectivity index (χ1v) is 6.25. The smallest absolute Gasteiger partial charge is 0.250 e. The fourth-order valence-corrected chi connectivity index (χ4v) is 1.32. The van der Waals surface area contributed by atoms with Crippen LogP contribution in [0, 0.1) is 0 Å². The molecule has 1 amide bonds. The maximum atomic E-state index is 11.5. The monoisotopic (exact) mass is 267 g/mol. The molecule has 0 atom stereocenters. The number of ether oxygens (including phenoxy) is 3. The van der Waals surface area contributed by atoms with Gasteiger partial charge in [0.1, 0.15) is 19.0 Å². The molecule has 0 saturated carbocycles. The Hall–Kier alpha value is -1.59. The summed E-state index contributed by atoms with van der Waals surface area (Å²) in [5, 5.41) is 2.75. The van der Waals surface area contributed by atoms with Crippen LogP contribution in [-0.2, 0) is 14.3 Å². The van der Waals surface area contributed by atoms with Gasteiger partial charge < -0.3 is 19.5 Å². The Kier molecular flexibility index (Phi) is 6.92. The van der Waals surface area contributed by atoms with Crippen molar-refractivity contribution >= 4 is 11.6 Å². The van der Waals surface area contributed by atoms with E-state index in [4.69, 9.17) is 14.2 Å². The summed E-state index contributed by atoms with van der Waals surface area (Å²) in [5.41, 5.74) is 0.719. The van der Waals surface area contributed by atoms with Gasteiger partial charge >= 0.3 is 0 Å². The molecule has 106 valence electrons. The van der Waals surface area contributed by atoms with E-state index in [0.29, 0.717) is 13.2 Å². The normalized spacial score (nSPS) is 10.5. The van der Waals surface area contributed by atoms with Crippen LogP contribution in [0.3, 0.4) is 0 Å². The summed E-state index contributed by atoms with van der Waals surface area (Å²) in [6, 6.07) is 7.17. The Morgan fingerprint density at radius 1 is 1.21 bits per heavy atom. The SMILES string of the molecule is COCCOc1ccc(NC(=O)COC(C)C)cc1. The number of hydrogen-bond acceptors (Lipinski definition) is 4. The summed E-state index contributed by atoms with van der Waals surface area (Å²) in [7, 11) is 1.63. The van der Waals surface area contributed by atoms with Gasteiger partial charge in [0.15, 0.2) is 0 Å². The Bertz CT molecular complexity index is 376. The lowest BCUT2D eigenvalue weighted by Gasteiger charge is -2.09. The van der Waals surface area contributed by atoms with Gasteiger partial charge in [-0.2, -0.15) is 0 Å². The topological polar surface area (TPSA) is 56.8 Å². The van der Waals surface area contributed by atoms with E-state index in [0.717, 1.165) is 11.4 Å². The van der Waals surface area contributed by atoms with Crippen molar-refractivity contribution in [3.8, 4) is 5.75 Å². The molecule has 0 aliphatic rings. The van der Waals surface area contributed by atoms with Gasteiger partial charge in [0.2, 0.25) is 5.91 Å². The largest absolute Gasteiger partial charge is 0.491 e. The van der Waals surface area contributed by atoms with Gasteiger partial charge in [-0.05, 0) is 38.1 Å². The van der Waals surface area contributed by atoms with Crippen molar-refractivity contribution < 1.29 is 19.0 Å². The third-order valence-corrected chi connectivity index (χ3v) is 2.24. The fourth-order valence-electron chi connectivity index (χ4n) is 1.32. The molecular weight excluding hydrogens is 246 g/mol. The second-order valence-electron chi connectivity index (χ2n) is 4.27. The van der Waals surface area contributed by atoms with E-state index in [-0.39, 0.29) is 18.6 Å². The number of methoxy groups -OCH3 is 1. The van der Waals surface area contributed by atoms with Crippen molar-refractivity contribution in [1.82, 2.24) is 0 Å². The third kappa shape index (κ3) is 6.79. The first-order chi connectivity index (χ1) is 9.11. The zero-order valence-corrected chi connectivity index (χ0v) is 11.6. The molecule has 0 radical (unpaired) electrons. The van der Waals surface area contributed by atoms with Crippen LogP contribution in [0.5, 0.6) is 5.75 Å². The van der Waals surface area contributed by atoms with Crippen LogP contribution in [0.4, 0.5) is 5.69 Å². The van der Waals surface area contributed by atoms with Crippen molar-refractivity contribution in [1.29, 1.82) is 0 Å². The third-order valence-electron chi connectivity index (χ3n) is 2.24. The maximum absolute atomic E-state index is 11.5. The predicted octanol–water partition coefficient (Wildman–Crippen LogP) is 2.08. The summed E-state index contributed by atoms with van der Waals surface area (Å²) in [5.74, 6) is 0.579. The molecule has 5 heteroatoms. The van der Waals surface area contributed by atoms with E-state index < -0.39 is 0 Å². The Balaban J connectivity index is 2.37. The molecule has 0 aromatic heterocycles. The molecule has 0 spiro atoms. The summed E-state index contributed by atoms with van der Waals surface area (Å²) in [4.78, 5) is 11.5. The summed E-state index contributed by atoms with van der Waals surface area (Å²) >= 11 is 0. The quantitative estimate of drug-likeness (QED) is 0.733. The number of nitrogens with one attached hydrogen (secondary N) is 1. The van der Waals surface area contributed by atoms with Gasteiger partial charge in [0.05, 0.1) is 12.7 Å². The van der Waals surface area contributed by atoms with Crippen LogP contribution in [-0.4, -0.2) is 38.9 Å². The number of carbonyl (C=O) groups is 1. The molecule has 0 saturated heterocycles. The van der Waals surface area contributed by atoms with E-state index in [1.165, 1.54) is 0 Å². The van der Waals surface area contributed by atoms with Crippen LogP contribution in [0.2, 0.25) is 0 Å². The van der Waals surface area contributed by atoms with Gasteiger partial charge in [-0.15, -0.1) is 0 Å². The van der Waals surface area contributed by atoms with Gasteiger partial charge in [-0.3, -0.25) is 4.79 Å². The number of rotatable bonds is 8. The highest BCUT2D eigenvalue weighted by atomic mass is 16.5. The zero-order chi connectivity index (χ0) is 14.1. The van der Waals surface area contributed by atoms with Crippen LogP contribution in [0.1, 0.15) is 13.8 Å². The molecule has 5 nitrogen and oxygen atoms in total. The minimum atomic E-state index is -0.165. The minimum absolute atomic E-state index is 0.0438. The Morgan fingerprint density at radius 3 is 2.47 bits per heavy atom. The van der Waals surface area contributed by atoms with Crippen molar-refractivity contribution in [2.24, 2.45) is 0 Å². The van der Waals surface area contributed by atoms with E-state index in [9.17, 15) is 4.79 Å². The lowest BCUT2D eigenvalue weighted by molar-refractivity contribution is -0.121. The summed E-state index contributed by atoms with van der Waals surface area (Å²) in [6.45, 7) is 4.89. The van der Waals surface area contributed by atoms with Crippen LogP contribution in [0.25, 0.3) is 0 Å². The zero-order valence-electron chi connectivity index (χ0n) is 11.6. The highest BCUT2D eigenvalue weighted by Crippen LogP contribution is 2.15. The average molecular weight is 267 g/mol. The fraction of sp³-hybridized carbons (Fsp3) is 0.500. The summed E-state index contributed by atoms with van der Waals surface area (Å²) in [6.07, 6.45) is 0.0438. The summed E-state index contributed by atoms with van der Waals surface area (Å²) < 4.78 is 15.5. The number of anilines is 1. The van der Waals surface area contributed by atoms with Crippen molar-refractivity contribution in [3.05, 3.63) is 24.3 Å². The number of carbonyl (C=O) groups excluding carboxylic acids is 1. The maximum Gasteiger partial charge on any atom is 0.250 e. The standard InChI is InChI=1S/C14H21NO4/c1-11(2)19-10-14(16)15-12-4-6-13(7-5-12)18-9-8-17-3/h4-7,11H,8-10H2,1-3H3,(H,15,16). The van der Waals surface area contributed by atoms with Crippen molar-refractivity contribution in [2.45, 2.75) is 20.0 Å². The molecule has 1 N–H and O–H groups in total. The molecule has 0 fully saturated rings. The van der Waals surface area contributed by atoms with E-state index in [1.54, 1.807) is 31.4 Å². The molecule has 1 aromatic rings. The van der Waals surface area contributed by atoms with Crippen molar-refractivity contribution in [3.63, 3.8) is 0 Å². The molecule has 1 rings (SSSR count). The molecule has 0 heterocycles. The second kappa shape index (κ2) is 8.50. The van der Waals surface area contributed by atoms with Crippen LogP contribution >= 0.6 is 0 Å². The van der Waals surface area contributed by atoms with Gasteiger partial charge in [-0.1, -0.05) is 0 Å². The van der Waals surface area contributed by atoms with Crippen molar-refractivity contribution in [2.75, 3.05) is 32.2 Å². The highest BCUT2D eigenvalue weighted by Gasteiger charge is 2.04. The average Bonchev–Trinajstić information content (AvgIpc) is 2.39. The van der Waals surface area contributed by atoms with E-state index in [2.05, 4.69) is 5.32 Å². The molecule has 0 aliphatic heterocycles. The molecule has 0 aliphatic carbocycles. The molecule has 19 heavy (non-hydrogen) atoms. The molecular formula is C14H21NO4. The van der Waals surface area contributed by atoms with Gasteiger partial charge in [0, 0.05) is 12.8 Å². The number of benzene rings is 1. The number of hydrogen-bond donors (Lipinski definition) is 1. The molecule has 0 bridgehead atoms. The Labute approximate surface area is 113 Å². The highest BCUT2D eigenvalue weighted by molar-refractivity contribution is 5.91. The lowest BCUT2D eigenvalue weighted by Crippen LogP contribution is -2.20. The first kappa shape index (κ1) is 15.5. The minimum Gasteiger partial charge on any atom is -0.491 e. The van der Waals surface area contributed by atoms with Gasteiger partial charge in [-0.25, -0.2) is 0 Å². The van der Waals surface area contributed by atoms with E-state index in [1.807, 2.05) is 13.8 Å². The van der Waals surface area contributed by atoms with Gasteiger partial charge in [0.25, 0.3) is 0 Å².